The number of fused-ring (bicyclic) bond motifs is 6. The average molecular weight is 1210 g/mol. The molecular formula is C72H101N5O11. The lowest BCUT2D eigenvalue weighted by Crippen LogP contribution is -2.47. The molecule has 0 saturated carbocycles. The summed E-state index contributed by atoms with van der Waals surface area (Å²) in [7, 11) is 0. The molecule has 4 fully saturated rings. The summed E-state index contributed by atoms with van der Waals surface area (Å²) >= 11 is 0. The zero-order chi connectivity index (χ0) is 65.0. The second-order valence-electron chi connectivity index (χ2n) is 23.0. The molecule has 0 radical (unpaired) electrons. The molecule has 5 aromatic rings. The molecule has 7 aliphatic rings. The molecule has 3 spiro atoms. The highest BCUT2D eigenvalue weighted by Crippen LogP contribution is 2.45. The van der Waals surface area contributed by atoms with Crippen molar-refractivity contribution in [1.82, 2.24) is 20.4 Å². The predicted octanol–water partition coefficient (Wildman–Crippen LogP) is 14.9. The fourth-order valence-electron chi connectivity index (χ4n) is 10.9. The zero-order valence-electron chi connectivity index (χ0n) is 55.1. The third-order valence-electron chi connectivity index (χ3n) is 14.9. The Bertz CT molecular complexity index is 2940. The number of rotatable bonds is 2. The number of carbonyl (C=O) groups excluding carboxylic acids is 6. The van der Waals surface area contributed by atoms with E-state index in [0.717, 1.165) is 80.8 Å². The van der Waals surface area contributed by atoms with E-state index in [2.05, 4.69) is 40.2 Å². The topological polar surface area (TPSA) is 191 Å². The van der Waals surface area contributed by atoms with E-state index in [9.17, 15) is 28.8 Å². The Hall–Kier alpha value is -7.40. The van der Waals surface area contributed by atoms with Gasteiger partial charge < -0.3 is 49.4 Å². The van der Waals surface area contributed by atoms with E-state index in [1.165, 1.54) is 11.1 Å². The summed E-state index contributed by atoms with van der Waals surface area (Å²) in [5, 5.41) is 9.50. The number of hydrogen-bond donors (Lipinski definition) is 3. The van der Waals surface area contributed by atoms with Crippen LogP contribution in [0.4, 0.5) is 15.3 Å². The molecule has 0 bridgehead atoms. The maximum atomic E-state index is 12.1. The summed E-state index contributed by atoms with van der Waals surface area (Å²) in [4.78, 5) is 73.3. The van der Waals surface area contributed by atoms with Crippen LogP contribution < -0.4 is 16.0 Å². The minimum Gasteiger partial charge on any atom is -0.450 e. The molecule has 5 aromatic carbocycles. The number of nitrogens with one attached hydrogen (secondary N) is 3. The van der Waals surface area contributed by atoms with E-state index in [4.69, 9.17) is 23.7 Å². The number of para-hydroxylation sites is 1. The number of likely N-dealkylation sites (tertiary alicyclic amines) is 2. The Morgan fingerprint density at radius 2 is 0.841 bits per heavy atom. The molecule has 7 heterocycles. The van der Waals surface area contributed by atoms with Gasteiger partial charge in [0.25, 0.3) is 5.91 Å². The SMILES string of the molecule is CC.CC.CC.CC.CC(C)(C)OC(=O)N1CCC(=O)CC1.CC(C)(C)OC(=O)N1CCC2(CC1)OC(=O)c1ccccc12.O=C(Nc1ccccc1)c1ccccc1.O=C1OC2(CCNCC2)c2ccccc21.c1ccc2c(c1)COC21CCNCC1. The van der Waals surface area contributed by atoms with E-state index in [0.29, 0.717) is 63.0 Å². The van der Waals surface area contributed by atoms with Crippen molar-refractivity contribution < 1.29 is 52.5 Å². The molecule has 0 unspecified atom stereocenters. The van der Waals surface area contributed by atoms with Crippen LogP contribution in [-0.2, 0) is 51.9 Å². The highest BCUT2D eigenvalue weighted by atomic mass is 16.6. The van der Waals surface area contributed by atoms with Gasteiger partial charge in [-0.15, -0.1) is 0 Å². The van der Waals surface area contributed by atoms with Gasteiger partial charge in [-0.25, -0.2) is 19.2 Å². The molecule has 4 saturated heterocycles. The number of ketones is 1. The highest BCUT2D eigenvalue weighted by molar-refractivity contribution is 6.04. The van der Waals surface area contributed by atoms with Gasteiger partial charge in [-0.3, -0.25) is 9.59 Å². The number of piperidine rings is 4. The van der Waals surface area contributed by atoms with Crippen LogP contribution in [0.1, 0.15) is 202 Å². The summed E-state index contributed by atoms with van der Waals surface area (Å²) in [6.45, 7) is 33.9. The number of anilines is 1. The third-order valence-corrected chi connectivity index (χ3v) is 14.9. The van der Waals surface area contributed by atoms with Gasteiger partial charge in [-0.2, -0.15) is 0 Å². The number of carbonyl (C=O) groups is 6. The van der Waals surface area contributed by atoms with Gasteiger partial charge in [0.05, 0.1) is 23.3 Å². The average Bonchev–Trinajstić information content (AvgIpc) is 2.21. The van der Waals surface area contributed by atoms with E-state index in [1.54, 1.807) is 28.0 Å². The van der Waals surface area contributed by atoms with Crippen molar-refractivity contribution in [1.29, 1.82) is 0 Å². The number of Topliss-reactive ketones (excluding diaryl/α,β-unsaturated/α-hetero) is 1. The van der Waals surface area contributed by atoms with Crippen molar-refractivity contribution in [3.63, 3.8) is 0 Å². The number of nitrogens with zero attached hydrogens (tertiary/aromatic N) is 2. The van der Waals surface area contributed by atoms with Crippen LogP contribution in [-0.4, -0.2) is 109 Å². The molecule has 7 aliphatic heterocycles. The molecule has 16 nitrogen and oxygen atoms in total. The van der Waals surface area contributed by atoms with E-state index in [1.807, 2.05) is 188 Å². The smallest absolute Gasteiger partial charge is 0.410 e. The Kier molecular flexibility index (Phi) is 29.5. The normalized spacial score (nSPS) is 17.4. The number of benzene rings is 5. The molecule has 12 rings (SSSR count). The van der Waals surface area contributed by atoms with E-state index < -0.39 is 16.8 Å². The van der Waals surface area contributed by atoms with Crippen LogP contribution in [0.3, 0.4) is 0 Å². The second kappa shape index (κ2) is 35.6. The van der Waals surface area contributed by atoms with E-state index in [-0.39, 0.29) is 47.0 Å². The van der Waals surface area contributed by atoms with Crippen molar-refractivity contribution in [2.45, 2.75) is 183 Å². The summed E-state index contributed by atoms with van der Waals surface area (Å²) in [6.07, 6.45) is 5.51. The maximum Gasteiger partial charge on any atom is 0.410 e. The van der Waals surface area contributed by atoms with Crippen molar-refractivity contribution in [3.8, 4) is 0 Å². The van der Waals surface area contributed by atoms with Crippen LogP contribution in [0.25, 0.3) is 0 Å². The lowest BCUT2D eigenvalue weighted by molar-refractivity contribution is -0.121. The lowest BCUT2D eigenvalue weighted by atomic mass is 9.84. The number of esters is 2. The number of hydrogen-bond acceptors (Lipinski definition) is 13. The van der Waals surface area contributed by atoms with Crippen molar-refractivity contribution in [3.05, 3.63) is 172 Å². The first-order valence-corrected chi connectivity index (χ1v) is 32.0. The molecule has 0 aromatic heterocycles. The standard InChI is InChI=1S/C17H21NO4.C13H11NO.C12H13NO2.C12H15NO.C10H17NO3.4C2H6/c1-16(2,3)22-15(20)18-10-8-17(9-11-18)13-7-5-4-6-12(13)14(19)21-17;15-13(11-7-3-1-4-8-11)14-12-9-5-2-6-10-12;14-11-9-3-1-2-4-10(9)12(15-11)5-7-13-8-6-12;1-2-4-11-10(3-1)9-14-12(11)5-7-13-8-6-12;1-10(2,3)14-9(13)11-6-4-8(12)5-7-11;4*1-2/h4-7H,8-11H2,1-3H3;1-10H,(H,14,15);1-4,13H,5-8H2;1-4,13H,5-9H2;4-7H2,1-3H3;4*1-2H3. The zero-order valence-corrected chi connectivity index (χ0v) is 55.1. The molecule has 88 heavy (non-hydrogen) atoms. The summed E-state index contributed by atoms with van der Waals surface area (Å²) in [5.41, 5.74) is 5.89. The fourth-order valence-corrected chi connectivity index (χ4v) is 10.9. The molecule has 0 aliphatic carbocycles. The van der Waals surface area contributed by atoms with Gasteiger partial charge in [0, 0.05) is 87.1 Å². The molecule has 0 atom stereocenters. The van der Waals surface area contributed by atoms with Crippen LogP contribution in [0, 0.1) is 0 Å². The molecule has 16 heteroatoms. The first-order valence-electron chi connectivity index (χ1n) is 32.0. The third kappa shape index (κ3) is 20.6. The minimum atomic E-state index is -0.577. The number of amides is 3. The van der Waals surface area contributed by atoms with Gasteiger partial charge in [0.1, 0.15) is 28.2 Å². The number of ether oxygens (including phenoxy) is 5. The molecule has 3 N–H and O–H groups in total. The Morgan fingerprint density at radius 1 is 0.466 bits per heavy atom. The van der Waals surface area contributed by atoms with Crippen molar-refractivity contribution >= 4 is 41.5 Å². The largest absolute Gasteiger partial charge is 0.450 e. The van der Waals surface area contributed by atoms with Crippen LogP contribution in [0.2, 0.25) is 0 Å². The molecule has 480 valence electrons. The first kappa shape index (κ1) is 73.1. The minimum absolute atomic E-state index is 0.0435. The Balaban J connectivity index is 0.000000231. The van der Waals surface area contributed by atoms with Crippen molar-refractivity contribution in [2.24, 2.45) is 0 Å². The van der Waals surface area contributed by atoms with Crippen LogP contribution in [0.5, 0.6) is 0 Å². The Labute approximate surface area is 525 Å². The highest BCUT2D eigenvalue weighted by Gasteiger charge is 2.49. The van der Waals surface area contributed by atoms with Crippen LogP contribution in [0.15, 0.2) is 133 Å². The van der Waals surface area contributed by atoms with E-state index >= 15 is 0 Å². The van der Waals surface area contributed by atoms with Crippen LogP contribution >= 0.6 is 0 Å². The van der Waals surface area contributed by atoms with Gasteiger partial charge in [0.2, 0.25) is 0 Å². The van der Waals surface area contributed by atoms with Crippen molar-refractivity contribution in [2.75, 3.05) is 57.7 Å². The monoisotopic (exact) mass is 1210 g/mol. The fraction of sp³-hybridized carbons (Fsp3) is 0.500. The lowest BCUT2D eigenvalue weighted by Gasteiger charge is -2.38. The molecule has 3 amide bonds. The summed E-state index contributed by atoms with van der Waals surface area (Å²) < 4.78 is 27.9. The first-order chi connectivity index (χ1) is 42.3. The predicted molar refractivity (Wildman–Crippen MR) is 350 cm³/mol. The maximum absolute atomic E-state index is 12.1. The summed E-state index contributed by atoms with van der Waals surface area (Å²) in [6, 6.07) is 42.5. The summed E-state index contributed by atoms with van der Waals surface area (Å²) in [5.74, 6) is -0.277. The van der Waals surface area contributed by atoms with Gasteiger partial charge >= 0.3 is 24.1 Å². The second-order valence-corrected chi connectivity index (χ2v) is 23.0. The van der Waals surface area contributed by atoms with Gasteiger partial charge in [0.15, 0.2) is 0 Å². The molecular weight excluding hydrogens is 1110 g/mol. The Morgan fingerprint density at radius 3 is 1.30 bits per heavy atom. The quantitative estimate of drug-likeness (QED) is 0.112. The van der Waals surface area contributed by atoms with Gasteiger partial charge in [-0.1, -0.05) is 152 Å². The van der Waals surface area contributed by atoms with Gasteiger partial charge in [-0.05, 0) is 128 Å².